The van der Waals surface area contributed by atoms with Gasteiger partial charge in [0.25, 0.3) is 0 Å². The van der Waals surface area contributed by atoms with Crippen molar-refractivity contribution in [3.8, 4) is 0 Å². The largest absolute Gasteiger partial charge is 0.381 e. The molecule has 6 heteroatoms. The Morgan fingerprint density at radius 1 is 1.48 bits per heavy atom. The lowest BCUT2D eigenvalue weighted by Crippen LogP contribution is -2.32. The highest BCUT2D eigenvalue weighted by Gasteiger charge is 2.16. The van der Waals surface area contributed by atoms with Crippen LogP contribution >= 0.6 is 11.3 Å². The molecule has 0 radical (unpaired) electrons. The molecule has 0 unspecified atom stereocenters. The number of aromatic nitrogens is 1. The van der Waals surface area contributed by atoms with Crippen LogP contribution in [0.2, 0.25) is 0 Å². The predicted molar refractivity (Wildman–Crippen MR) is 81.2 cm³/mol. The van der Waals surface area contributed by atoms with Gasteiger partial charge in [-0.1, -0.05) is 12.1 Å². The molecule has 1 fully saturated rings. The fraction of sp³-hybridized carbons (Fsp3) is 0.467. The van der Waals surface area contributed by atoms with E-state index >= 15 is 0 Å². The number of ether oxygens (including phenoxy) is 2. The molecule has 1 aliphatic rings. The first kappa shape index (κ1) is 14.4. The Bertz CT molecular complexity index is 575. The van der Waals surface area contributed by atoms with Crippen LogP contribution < -0.4 is 5.32 Å². The summed E-state index contributed by atoms with van der Waals surface area (Å²) in [5.74, 6) is 0.362. The number of carbonyl (C=O) groups is 1. The number of fused-ring (bicyclic) bond motifs is 1. The van der Waals surface area contributed by atoms with E-state index in [9.17, 15) is 4.79 Å². The van der Waals surface area contributed by atoms with Gasteiger partial charge in [-0.2, -0.15) is 0 Å². The molecule has 1 saturated heterocycles. The van der Waals surface area contributed by atoms with Gasteiger partial charge in [-0.15, -0.1) is 11.3 Å². The van der Waals surface area contributed by atoms with Crippen LogP contribution in [0.1, 0.15) is 11.4 Å². The summed E-state index contributed by atoms with van der Waals surface area (Å²) in [6, 6.07) is 7.97. The molecule has 0 aliphatic carbocycles. The molecule has 1 N–H and O–H groups in total. The van der Waals surface area contributed by atoms with Crippen molar-refractivity contribution in [1.82, 2.24) is 10.3 Å². The Morgan fingerprint density at radius 2 is 2.38 bits per heavy atom. The molecule has 1 aliphatic heterocycles. The van der Waals surface area contributed by atoms with Crippen molar-refractivity contribution in [2.24, 2.45) is 5.92 Å². The molecule has 0 saturated carbocycles. The Hall–Kier alpha value is -1.50. The lowest BCUT2D eigenvalue weighted by molar-refractivity contribution is -0.126. The van der Waals surface area contributed by atoms with E-state index in [1.54, 1.807) is 11.3 Å². The highest BCUT2D eigenvalue weighted by Crippen LogP contribution is 2.21. The van der Waals surface area contributed by atoms with E-state index in [2.05, 4.69) is 10.3 Å². The smallest absolute Gasteiger partial charge is 0.246 e. The zero-order chi connectivity index (χ0) is 14.5. The van der Waals surface area contributed by atoms with Crippen LogP contribution in [0.3, 0.4) is 0 Å². The molecule has 0 bridgehead atoms. The van der Waals surface area contributed by atoms with E-state index in [1.165, 1.54) is 0 Å². The van der Waals surface area contributed by atoms with Crippen LogP contribution in [0.15, 0.2) is 24.3 Å². The Labute approximate surface area is 127 Å². The molecule has 1 aromatic carbocycles. The topological polar surface area (TPSA) is 60.5 Å². The first-order valence-corrected chi connectivity index (χ1v) is 7.89. The molecule has 1 atom stereocenters. The van der Waals surface area contributed by atoms with Gasteiger partial charge in [0.15, 0.2) is 0 Å². The summed E-state index contributed by atoms with van der Waals surface area (Å²) in [4.78, 5) is 16.1. The van der Waals surface area contributed by atoms with Gasteiger partial charge in [-0.25, -0.2) is 4.98 Å². The first-order valence-electron chi connectivity index (χ1n) is 7.08. The molecule has 3 rings (SSSR count). The molecule has 2 heterocycles. The predicted octanol–water partition coefficient (Wildman–Crippen LogP) is 1.97. The zero-order valence-corrected chi connectivity index (χ0v) is 12.5. The third-order valence-corrected chi connectivity index (χ3v) is 4.42. The first-order chi connectivity index (χ1) is 10.3. The van der Waals surface area contributed by atoms with Crippen LogP contribution in [-0.4, -0.2) is 37.3 Å². The highest BCUT2D eigenvalue weighted by atomic mass is 32.1. The fourth-order valence-electron chi connectivity index (χ4n) is 2.27. The van der Waals surface area contributed by atoms with Crippen molar-refractivity contribution >= 4 is 27.5 Å². The quantitative estimate of drug-likeness (QED) is 0.886. The minimum atomic E-state index is -0.0805. The van der Waals surface area contributed by atoms with Gasteiger partial charge in [-0.05, 0) is 18.6 Å². The third-order valence-electron chi connectivity index (χ3n) is 3.41. The van der Waals surface area contributed by atoms with E-state index in [1.807, 2.05) is 24.3 Å². The zero-order valence-electron chi connectivity index (χ0n) is 11.7. The number of benzene rings is 1. The van der Waals surface area contributed by atoms with Crippen molar-refractivity contribution in [3.63, 3.8) is 0 Å². The number of carbonyl (C=O) groups excluding carboxylic acids is 1. The van der Waals surface area contributed by atoms with Gasteiger partial charge < -0.3 is 14.8 Å². The monoisotopic (exact) mass is 306 g/mol. The van der Waals surface area contributed by atoms with E-state index in [-0.39, 0.29) is 12.5 Å². The van der Waals surface area contributed by atoms with Crippen LogP contribution in [0.4, 0.5) is 0 Å². The van der Waals surface area contributed by atoms with E-state index < -0.39 is 0 Å². The molecule has 2 aromatic rings. The normalized spacial score (nSPS) is 18.2. The third kappa shape index (κ3) is 4.00. The summed E-state index contributed by atoms with van der Waals surface area (Å²) in [6.45, 7) is 2.66. The second kappa shape index (κ2) is 6.98. The van der Waals surface area contributed by atoms with Gasteiger partial charge in [0.05, 0.1) is 23.4 Å². The molecule has 1 amide bonds. The number of nitrogens with one attached hydrogen (secondary N) is 1. The molecule has 0 spiro atoms. The summed E-state index contributed by atoms with van der Waals surface area (Å²) in [7, 11) is 0. The van der Waals surface area contributed by atoms with Crippen LogP contribution in [0, 0.1) is 5.92 Å². The summed E-state index contributed by atoms with van der Waals surface area (Å²) < 4.78 is 11.8. The molecular formula is C15H18N2O3S. The molecule has 112 valence electrons. The summed E-state index contributed by atoms with van der Waals surface area (Å²) >= 11 is 1.60. The van der Waals surface area contributed by atoms with Crippen molar-refractivity contribution in [3.05, 3.63) is 29.3 Å². The second-order valence-corrected chi connectivity index (χ2v) is 6.22. The average molecular weight is 306 g/mol. The fourth-order valence-corrected chi connectivity index (χ4v) is 3.17. The van der Waals surface area contributed by atoms with Gasteiger partial charge in [-0.3, -0.25) is 4.79 Å². The van der Waals surface area contributed by atoms with E-state index in [4.69, 9.17) is 9.47 Å². The Morgan fingerprint density at radius 3 is 3.19 bits per heavy atom. The van der Waals surface area contributed by atoms with Gasteiger partial charge in [0, 0.05) is 19.1 Å². The maximum atomic E-state index is 11.7. The van der Waals surface area contributed by atoms with Gasteiger partial charge in [0.2, 0.25) is 5.91 Å². The molecule has 1 aromatic heterocycles. The molecule has 5 nitrogen and oxygen atoms in total. The summed E-state index contributed by atoms with van der Waals surface area (Å²) in [5, 5.41) is 3.77. The maximum absolute atomic E-state index is 11.7. The summed E-state index contributed by atoms with van der Waals surface area (Å²) in [6.07, 6.45) is 1.02. The number of amides is 1. The van der Waals surface area contributed by atoms with Crippen molar-refractivity contribution < 1.29 is 14.3 Å². The average Bonchev–Trinajstić information content (AvgIpc) is 3.14. The number of thiazole rings is 1. The van der Waals surface area contributed by atoms with Crippen LogP contribution in [-0.2, 0) is 20.9 Å². The minimum Gasteiger partial charge on any atom is -0.381 e. The lowest BCUT2D eigenvalue weighted by Gasteiger charge is -2.09. The number of hydrogen-bond donors (Lipinski definition) is 1. The van der Waals surface area contributed by atoms with Crippen molar-refractivity contribution in [1.29, 1.82) is 0 Å². The van der Waals surface area contributed by atoms with Crippen LogP contribution in [0.25, 0.3) is 10.2 Å². The van der Waals surface area contributed by atoms with E-state index in [0.29, 0.717) is 19.1 Å². The van der Waals surface area contributed by atoms with Gasteiger partial charge >= 0.3 is 0 Å². The van der Waals surface area contributed by atoms with Gasteiger partial charge in [0.1, 0.15) is 11.6 Å². The Kier molecular flexibility index (Phi) is 4.80. The standard InChI is InChI=1S/C15H18N2O3S/c18-14(16-7-11-5-6-19-8-11)9-20-10-15-17-12-3-1-2-4-13(12)21-15/h1-4,11H,5-10H2,(H,16,18)/t11-/m1/s1. The number of para-hydroxylation sites is 1. The number of rotatable bonds is 6. The SMILES string of the molecule is O=C(COCc1nc2ccccc2s1)NC[C@H]1CCOC1. The second-order valence-electron chi connectivity index (χ2n) is 5.10. The van der Waals surface area contributed by atoms with Crippen LogP contribution in [0.5, 0.6) is 0 Å². The highest BCUT2D eigenvalue weighted by molar-refractivity contribution is 7.18. The van der Waals surface area contributed by atoms with E-state index in [0.717, 1.165) is 34.9 Å². The molecule has 21 heavy (non-hydrogen) atoms. The van der Waals surface area contributed by atoms with Crippen molar-refractivity contribution in [2.75, 3.05) is 26.4 Å². The van der Waals surface area contributed by atoms with Crippen molar-refractivity contribution in [2.45, 2.75) is 13.0 Å². The number of hydrogen-bond acceptors (Lipinski definition) is 5. The summed E-state index contributed by atoms with van der Waals surface area (Å²) in [5.41, 5.74) is 0.979. The maximum Gasteiger partial charge on any atom is 0.246 e. The Balaban J connectivity index is 1.39. The number of nitrogens with zero attached hydrogens (tertiary/aromatic N) is 1. The lowest BCUT2D eigenvalue weighted by atomic mass is 10.1. The minimum absolute atomic E-state index is 0.0729. The molecular weight excluding hydrogens is 288 g/mol.